The van der Waals surface area contributed by atoms with E-state index in [9.17, 15) is 0 Å². The van der Waals surface area contributed by atoms with E-state index in [1.54, 1.807) is 7.11 Å². The summed E-state index contributed by atoms with van der Waals surface area (Å²) in [5.74, 6) is 4.48. The van der Waals surface area contributed by atoms with E-state index < -0.39 is 0 Å². The Balaban J connectivity index is 1.85. The Morgan fingerprint density at radius 1 is 0.771 bits per heavy atom. The number of anilines is 1. The van der Waals surface area contributed by atoms with Crippen LogP contribution >= 0.6 is 0 Å². The third-order valence-electron chi connectivity index (χ3n) is 9.85. The number of hydrogen-bond acceptors (Lipinski definition) is 4. The van der Waals surface area contributed by atoms with E-state index in [0.717, 1.165) is 46.0 Å². The first-order chi connectivity index (χ1) is 22.8. The Labute approximate surface area is 289 Å². The minimum atomic E-state index is -0.185. The maximum absolute atomic E-state index is 6.45. The number of nitrogens with zero attached hydrogens (tertiary/aromatic N) is 2. The highest BCUT2D eigenvalue weighted by molar-refractivity contribution is 5.97. The van der Waals surface area contributed by atoms with E-state index in [1.807, 2.05) is 12.1 Å². The number of nitrogens with one attached hydrogen (secondary N) is 1. The molecule has 48 heavy (non-hydrogen) atoms. The van der Waals surface area contributed by atoms with Crippen LogP contribution in [0.4, 0.5) is 5.69 Å². The van der Waals surface area contributed by atoms with Crippen molar-refractivity contribution < 1.29 is 9.15 Å². The van der Waals surface area contributed by atoms with E-state index >= 15 is 0 Å². The maximum atomic E-state index is 6.45. The number of ether oxygens (including phenoxy) is 1. The third-order valence-corrected chi connectivity index (χ3v) is 9.85. The lowest BCUT2D eigenvalue weighted by Gasteiger charge is -2.32. The number of imidazole rings is 1. The second-order valence-corrected chi connectivity index (χ2v) is 15.0. The van der Waals surface area contributed by atoms with Gasteiger partial charge < -0.3 is 19.0 Å². The Morgan fingerprint density at radius 3 is 1.83 bits per heavy atom. The number of benzene rings is 3. The smallest absolute Gasteiger partial charge is 0.176 e. The molecule has 1 unspecified atom stereocenters. The number of furan rings is 1. The second kappa shape index (κ2) is 14.2. The highest BCUT2D eigenvalue weighted by Gasteiger charge is 2.31. The molecule has 5 rings (SSSR count). The predicted molar refractivity (Wildman–Crippen MR) is 203 cm³/mol. The highest BCUT2D eigenvalue weighted by atomic mass is 16.5. The van der Waals surface area contributed by atoms with E-state index in [1.165, 1.54) is 39.1 Å². The molecule has 3 aromatic carbocycles. The first-order valence-corrected chi connectivity index (χ1v) is 18.0. The van der Waals surface area contributed by atoms with E-state index in [-0.39, 0.29) is 6.04 Å². The summed E-state index contributed by atoms with van der Waals surface area (Å²) in [5.41, 5.74) is 12.1. The lowest BCUT2D eigenvalue weighted by atomic mass is 9.81. The molecular weight excluding hydrogens is 590 g/mol. The van der Waals surface area contributed by atoms with Crippen molar-refractivity contribution in [3.63, 3.8) is 0 Å². The molecule has 2 heterocycles. The van der Waals surface area contributed by atoms with Gasteiger partial charge in [-0.1, -0.05) is 119 Å². The summed E-state index contributed by atoms with van der Waals surface area (Å²) in [6.45, 7) is 25.2. The van der Waals surface area contributed by atoms with Gasteiger partial charge in [-0.05, 0) is 69.0 Å². The van der Waals surface area contributed by atoms with Gasteiger partial charge in [-0.15, -0.1) is 0 Å². The monoisotopic (exact) mass is 647 g/mol. The summed E-state index contributed by atoms with van der Waals surface area (Å²) in [7, 11) is 3.83. The van der Waals surface area contributed by atoms with Gasteiger partial charge in [-0.3, -0.25) is 0 Å². The third kappa shape index (κ3) is 6.53. The van der Waals surface area contributed by atoms with Crippen LogP contribution in [-0.4, -0.2) is 16.7 Å². The number of fused-ring (bicyclic) bond motifs is 1. The summed E-state index contributed by atoms with van der Waals surface area (Å²) >= 11 is 0. The van der Waals surface area contributed by atoms with Crippen LogP contribution in [0.1, 0.15) is 157 Å². The van der Waals surface area contributed by atoms with E-state index in [4.69, 9.17) is 14.1 Å². The van der Waals surface area contributed by atoms with Crippen LogP contribution in [0.2, 0.25) is 0 Å². The van der Waals surface area contributed by atoms with Crippen LogP contribution in [-0.2, 0) is 13.5 Å². The van der Waals surface area contributed by atoms with Crippen molar-refractivity contribution in [2.24, 2.45) is 7.05 Å². The fourth-order valence-electron chi connectivity index (χ4n) is 7.18. The van der Waals surface area contributed by atoms with Gasteiger partial charge >= 0.3 is 0 Å². The quantitative estimate of drug-likeness (QED) is 0.146. The lowest BCUT2D eigenvalue weighted by molar-refractivity contribution is 0.408. The SMILES string of the molecule is CCc1oc2c(OC)cccc2c1-c1cn(C)c(C(Nc2c(C(C)C)cccc2C(C)C)c2c(C(C)C)cc(C(C)C)cc2C(C)C)n1. The molecule has 0 aliphatic carbocycles. The van der Waals surface area contributed by atoms with Crippen LogP contribution in [0.5, 0.6) is 5.75 Å². The van der Waals surface area contributed by atoms with E-state index in [2.05, 4.69) is 136 Å². The highest BCUT2D eigenvalue weighted by Crippen LogP contribution is 2.44. The van der Waals surface area contributed by atoms with E-state index in [0.29, 0.717) is 29.6 Å². The van der Waals surface area contributed by atoms with Gasteiger partial charge in [0.2, 0.25) is 0 Å². The topological polar surface area (TPSA) is 52.2 Å². The number of para-hydroxylation sites is 2. The van der Waals surface area contributed by atoms with Gasteiger partial charge in [0.1, 0.15) is 17.6 Å². The fourth-order valence-corrected chi connectivity index (χ4v) is 7.18. The molecule has 0 amide bonds. The lowest BCUT2D eigenvalue weighted by Crippen LogP contribution is -2.23. The molecule has 0 aliphatic heterocycles. The van der Waals surface area contributed by atoms with Gasteiger partial charge in [0.25, 0.3) is 0 Å². The van der Waals surface area contributed by atoms with Crippen molar-refractivity contribution in [2.45, 2.75) is 118 Å². The zero-order chi connectivity index (χ0) is 35.0. The molecule has 1 N–H and O–H groups in total. The predicted octanol–water partition coefficient (Wildman–Crippen LogP) is 12.2. The van der Waals surface area contributed by atoms with Gasteiger partial charge in [-0.2, -0.15) is 0 Å². The van der Waals surface area contributed by atoms with Crippen LogP contribution in [0, 0.1) is 0 Å². The summed E-state index contributed by atoms with van der Waals surface area (Å²) < 4.78 is 14.4. The number of aromatic nitrogens is 2. The zero-order valence-corrected chi connectivity index (χ0v) is 31.6. The summed E-state index contributed by atoms with van der Waals surface area (Å²) in [6, 6.07) is 17.6. The molecular formula is C43H57N3O2. The van der Waals surface area contributed by atoms with Gasteiger partial charge in [0.15, 0.2) is 11.3 Å². The Bertz CT molecular complexity index is 1830. The molecule has 2 aromatic heterocycles. The molecule has 0 radical (unpaired) electrons. The molecule has 5 aromatic rings. The Morgan fingerprint density at radius 2 is 1.33 bits per heavy atom. The zero-order valence-electron chi connectivity index (χ0n) is 31.6. The molecule has 0 bridgehead atoms. The second-order valence-electron chi connectivity index (χ2n) is 15.0. The van der Waals surface area contributed by atoms with Crippen LogP contribution in [0.15, 0.2) is 59.1 Å². The van der Waals surface area contributed by atoms with Crippen molar-refractivity contribution >= 4 is 16.7 Å². The Kier molecular flexibility index (Phi) is 10.5. The minimum Gasteiger partial charge on any atom is -0.493 e. The molecule has 1 atom stereocenters. The average Bonchev–Trinajstić information content (AvgIpc) is 3.62. The molecule has 256 valence electrons. The number of hydrogen-bond donors (Lipinski definition) is 1. The van der Waals surface area contributed by atoms with Crippen LogP contribution in [0.3, 0.4) is 0 Å². The van der Waals surface area contributed by atoms with Crippen molar-refractivity contribution in [3.05, 3.63) is 99.7 Å². The maximum Gasteiger partial charge on any atom is 0.176 e. The van der Waals surface area contributed by atoms with Gasteiger partial charge in [0, 0.05) is 30.7 Å². The van der Waals surface area contributed by atoms with Crippen molar-refractivity contribution in [3.8, 4) is 17.0 Å². The molecule has 0 saturated heterocycles. The average molecular weight is 648 g/mol. The fraction of sp³-hybridized carbons (Fsp3) is 0.465. The molecule has 0 aliphatic rings. The Hall–Kier alpha value is -3.99. The number of aryl methyl sites for hydroxylation is 2. The summed E-state index contributed by atoms with van der Waals surface area (Å²) in [6.07, 6.45) is 2.93. The minimum absolute atomic E-state index is 0.185. The van der Waals surface area contributed by atoms with Gasteiger partial charge in [-0.25, -0.2) is 4.98 Å². The van der Waals surface area contributed by atoms with Gasteiger partial charge in [0.05, 0.1) is 18.4 Å². The van der Waals surface area contributed by atoms with Crippen LogP contribution < -0.4 is 10.1 Å². The number of rotatable bonds is 12. The van der Waals surface area contributed by atoms with Crippen molar-refractivity contribution in [1.29, 1.82) is 0 Å². The van der Waals surface area contributed by atoms with Crippen molar-refractivity contribution in [2.75, 3.05) is 12.4 Å². The largest absolute Gasteiger partial charge is 0.493 e. The summed E-state index contributed by atoms with van der Waals surface area (Å²) in [5, 5.41) is 5.23. The normalized spacial score (nSPS) is 12.8. The molecule has 5 heteroatoms. The molecule has 0 fully saturated rings. The first-order valence-electron chi connectivity index (χ1n) is 18.0. The molecule has 5 nitrogen and oxygen atoms in total. The molecule has 0 saturated carbocycles. The first kappa shape index (κ1) is 35.3. The molecule has 0 spiro atoms. The summed E-state index contributed by atoms with van der Waals surface area (Å²) in [4.78, 5) is 5.55. The number of methoxy groups -OCH3 is 1. The van der Waals surface area contributed by atoms with Crippen LogP contribution in [0.25, 0.3) is 22.2 Å². The van der Waals surface area contributed by atoms with Crippen molar-refractivity contribution in [1.82, 2.24) is 9.55 Å². The standard InChI is InChI=1S/C43H57N3O2/c1-14-36-39(32-19-16-20-37(47-13)42(32)48-36)35-23-46(12)43(44-35)41(45-40-30(25(4)5)17-15-18-31(40)26(6)7)38-33(27(8)9)21-29(24(2)3)22-34(38)28(10)11/h15-28,41,45H,14H2,1-13H3.